The van der Waals surface area contributed by atoms with Crippen LogP contribution in [-0.2, 0) is 0 Å². The van der Waals surface area contributed by atoms with Gasteiger partial charge in [-0.2, -0.15) is 0 Å². The molecule has 0 aliphatic carbocycles. The van der Waals surface area contributed by atoms with Crippen molar-refractivity contribution < 1.29 is 22.0 Å². The van der Waals surface area contributed by atoms with Crippen molar-refractivity contribution in [1.82, 2.24) is 4.89 Å². The fraction of sp³-hybridized carbons (Fsp3) is 0. The van der Waals surface area contributed by atoms with Gasteiger partial charge < -0.3 is 0 Å². The zero-order valence-electron chi connectivity index (χ0n) is 8.15. The second kappa shape index (κ2) is 4.23. The van der Waals surface area contributed by atoms with Gasteiger partial charge in [0.25, 0.3) is 0 Å². The van der Waals surface area contributed by atoms with Crippen LogP contribution >= 0.6 is 0 Å². The van der Waals surface area contributed by atoms with Crippen LogP contribution in [0.3, 0.4) is 0 Å². The molecule has 0 bridgehead atoms. The van der Waals surface area contributed by atoms with Crippen molar-refractivity contribution in [3.05, 3.63) is 47.4 Å². The predicted molar refractivity (Wildman–Crippen MR) is 50.8 cm³/mol. The molecule has 0 radical (unpaired) electrons. The molecule has 0 aliphatic heterocycles. The van der Waals surface area contributed by atoms with Crippen molar-refractivity contribution in [1.29, 1.82) is 0 Å². The van der Waals surface area contributed by atoms with E-state index in [0.29, 0.717) is 0 Å². The van der Waals surface area contributed by atoms with E-state index in [4.69, 9.17) is 0 Å². The molecular weight excluding hydrogens is 240 g/mol. The van der Waals surface area contributed by atoms with Crippen molar-refractivity contribution >= 4 is 7.05 Å². The summed E-state index contributed by atoms with van der Waals surface area (Å²) in [5, 5.41) is 0. The minimum atomic E-state index is -2.17. The summed E-state index contributed by atoms with van der Waals surface area (Å²) in [5.41, 5.74) is -1.16. The van der Waals surface area contributed by atoms with Gasteiger partial charge in [0, 0.05) is 0 Å². The second-order valence-corrected chi connectivity index (χ2v) is 3.19. The number of nitrogens with zero attached hydrogens (tertiary/aromatic N) is 1. The molecule has 2 rings (SSSR count). The van der Waals surface area contributed by atoms with E-state index in [1.54, 1.807) is 0 Å². The van der Waals surface area contributed by atoms with E-state index in [-0.39, 0.29) is 5.46 Å². The molecule has 0 saturated carbocycles. The molecule has 7 heteroatoms. The summed E-state index contributed by atoms with van der Waals surface area (Å²) in [7, 11) is 1.01. The van der Waals surface area contributed by atoms with Gasteiger partial charge >= 0.3 is 92.3 Å². The number of aromatic nitrogens is 1. The third-order valence-corrected chi connectivity index (χ3v) is 2.16. The number of benzene rings is 1. The van der Waals surface area contributed by atoms with Gasteiger partial charge in [0.15, 0.2) is 0 Å². The third-order valence-electron chi connectivity index (χ3n) is 2.16. The first-order valence-corrected chi connectivity index (χ1v) is 4.46. The summed E-state index contributed by atoms with van der Waals surface area (Å²) in [5.74, 6) is -9.85. The van der Waals surface area contributed by atoms with Crippen LogP contribution in [0.25, 0.3) is 11.0 Å². The summed E-state index contributed by atoms with van der Waals surface area (Å²) in [6.45, 7) is 0. The first kappa shape index (κ1) is 11.7. The van der Waals surface area contributed by atoms with Gasteiger partial charge in [-0.05, 0) is 0 Å². The Labute approximate surface area is 93.2 Å². The summed E-state index contributed by atoms with van der Waals surface area (Å²) in [6, 6.07) is 2.53. The molecule has 0 atom stereocenters. The Balaban J connectivity index is 2.80. The van der Waals surface area contributed by atoms with Crippen LogP contribution < -0.4 is 0 Å². The Kier molecular flexibility index (Phi) is 2.91. The van der Waals surface area contributed by atoms with Gasteiger partial charge in [-0.3, -0.25) is 0 Å². The van der Waals surface area contributed by atoms with Gasteiger partial charge in [-0.25, -0.2) is 0 Å². The monoisotopic (exact) mass is 243 g/mol. The number of hydrogen-bond acceptors (Lipinski definition) is 1. The maximum atomic E-state index is 13.3. The molecule has 17 heavy (non-hydrogen) atoms. The van der Waals surface area contributed by atoms with Crippen LogP contribution in [-0.4, -0.2) is 11.9 Å². The predicted octanol–water partition coefficient (Wildman–Crippen LogP) is 2.78. The van der Waals surface area contributed by atoms with Gasteiger partial charge in [-0.15, -0.1) is 0 Å². The zero-order valence-corrected chi connectivity index (χ0v) is 8.15. The molecule has 0 aliphatic rings. The first-order chi connectivity index (χ1) is 8.04. The van der Waals surface area contributed by atoms with Gasteiger partial charge in [0.05, 0.1) is 0 Å². The fourth-order valence-corrected chi connectivity index (χ4v) is 1.37. The Bertz CT molecular complexity index is 544. The van der Waals surface area contributed by atoms with E-state index in [1.807, 2.05) is 0 Å². The van der Waals surface area contributed by atoms with Crippen molar-refractivity contribution in [2.45, 2.75) is 0 Å². The second-order valence-electron chi connectivity index (χ2n) is 3.19. The van der Waals surface area contributed by atoms with Gasteiger partial charge in [0.2, 0.25) is 0 Å². The first-order valence-electron chi connectivity index (χ1n) is 4.46. The van der Waals surface area contributed by atoms with Crippen molar-refractivity contribution in [3.63, 3.8) is 0 Å². The third kappa shape index (κ3) is 1.81. The Morgan fingerprint density at radius 3 is 1.82 bits per heavy atom. The standard InChI is InChI=1S/C10H3BF5N/c12-6-5(4-2-1-3-17-11-4)7(13)9(15)10(16)8(6)14/h1-3H. The Hall–Kier alpha value is -1.79. The quantitative estimate of drug-likeness (QED) is 0.426. The average Bonchev–Trinajstić information content (AvgIpc) is 2.36. The fourth-order valence-electron chi connectivity index (χ4n) is 1.37. The molecule has 1 heterocycles. The van der Waals surface area contributed by atoms with Crippen LogP contribution in [0.5, 0.6) is 0 Å². The topological polar surface area (TPSA) is 12.9 Å². The molecule has 86 valence electrons. The van der Waals surface area contributed by atoms with E-state index in [0.717, 1.165) is 7.05 Å². The molecule has 0 saturated heterocycles. The van der Waals surface area contributed by atoms with E-state index in [2.05, 4.69) is 4.89 Å². The molecule has 0 N–H and O–H groups in total. The van der Waals surface area contributed by atoms with Crippen LogP contribution in [0.4, 0.5) is 22.0 Å². The Morgan fingerprint density at radius 1 is 0.824 bits per heavy atom. The normalized spacial score (nSPS) is 10.4. The summed E-state index contributed by atoms with van der Waals surface area (Å²) in [4.78, 5) is 3.55. The minimum absolute atomic E-state index is 0.180. The number of hydrogen-bond donors (Lipinski definition) is 0. The molecule has 0 unspecified atom stereocenters. The van der Waals surface area contributed by atoms with Crippen LogP contribution in [0.1, 0.15) is 0 Å². The van der Waals surface area contributed by atoms with E-state index >= 15 is 0 Å². The number of rotatable bonds is 1. The molecule has 0 spiro atoms. The maximum absolute atomic E-state index is 13.3. The number of halogens is 5. The molecule has 1 aromatic carbocycles. The zero-order chi connectivity index (χ0) is 12.6. The molecular formula is C10H3BF5N. The molecule has 1 aromatic heterocycles. The molecule has 0 fully saturated rings. The van der Waals surface area contributed by atoms with Crippen LogP contribution in [0.15, 0.2) is 18.3 Å². The van der Waals surface area contributed by atoms with E-state index in [1.165, 1.54) is 18.3 Å². The Morgan fingerprint density at radius 2 is 1.35 bits per heavy atom. The van der Waals surface area contributed by atoms with Crippen LogP contribution in [0.2, 0.25) is 0 Å². The molecule has 2 aromatic rings. The van der Waals surface area contributed by atoms with Crippen LogP contribution in [0, 0.1) is 29.1 Å². The summed E-state index contributed by atoms with van der Waals surface area (Å²) >= 11 is 0. The van der Waals surface area contributed by atoms with Crippen molar-refractivity contribution in [2.24, 2.45) is 0 Å². The van der Waals surface area contributed by atoms with E-state index in [9.17, 15) is 22.0 Å². The van der Waals surface area contributed by atoms with Crippen molar-refractivity contribution in [2.75, 3.05) is 0 Å². The van der Waals surface area contributed by atoms with Crippen molar-refractivity contribution in [3.8, 4) is 11.0 Å². The molecule has 1 nitrogen and oxygen atoms in total. The summed E-state index contributed by atoms with van der Waals surface area (Å²) in [6.07, 6.45) is 1.32. The van der Waals surface area contributed by atoms with Gasteiger partial charge in [-0.1, -0.05) is 0 Å². The van der Waals surface area contributed by atoms with Gasteiger partial charge in [0.1, 0.15) is 0 Å². The average molecular weight is 243 g/mol. The molecule has 0 amide bonds. The SMILES string of the molecule is Fc1c(F)c(F)c(-c2bnccc2)c(F)c1F. The summed E-state index contributed by atoms with van der Waals surface area (Å²) < 4.78 is 65.3. The van der Waals surface area contributed by atoms with E-state index < -0.39 is 34.6 Å².